The largest absolute Gasteiger partial charge is 0.444 e. The van der Waals surface area contributed by atoms with E-state index in [2.05, 4.69) is 29.5 Å². The van der Waals surface area contributed by atoms with Crippen LogP contribution in [0.15, 0.2) is 17.1 Å². The molecule has 0 bridgehead atoms. The number of alkyl halides is 2. The zero-order valence-electron chi connectivity index (χ0n) is 24.4. The summed E-state index contributed by atoms with van der Waals surface area (Å²) in [6.45, 7) is 13.1. The maximum absolute atomic E-state index is 15.1. The third kappa shape index (κ3) is 8.85. The van der Waals surface area contributed by atoms with E-state index in [-0.39, 0.29) is 5.82 Å². The molecule has 0 radical (unpaired) electrons. The van der Waals surface area contributed by atoms with Crippen molar-refractivity contribution in [1.29, 1.82) is 0 Å². The summed E-state index contributed by atoms with van der Waals surface area (Å²) in [4.78, 5) is 41.7. The molecule has 40 heavy (non-hydrogen) atoms. The van der Waals surface area contributed by atoms with Crippen LogP contribution in [0.3, 0.4) is 0 Å². The summed E-state index contributed by atoms with van der Waals surface area (Å²) >= 11 is 0. The first-order chi connectivity index (χ1) is 18.6. The Balaban J connectivity index is 2.16. The summed E-state index contributed by atoms with van der Waals surface area (Å²) in [6, 6.07) is 0.105. The van der Waals surface area contributed by atoms with Crippen LogP contribution >= 0.6 is 0 Å². The number of nitrogens with zero attached hydrogens (tertiary/aromatic N) is 2. The average molecular weight is 575 g/mol. The van der Waals surface area contributed by atoms with Gasteiger partial charge in [-0.3, -0.25) is 4.57 Å². The van der Waals surface area contributed by atoms with Crippen LogP contribution in [-0.4, -0.2) is 63.2 Å². The summed E-state index contributed by atoms with van der Waals surface area (Å²) in [5.74, 6) is -4.94. The number of hydrogen-bond acceptors (Lipinski definition) is 9. The third-order valence-electron chi connectivity index (χ3n) is 6.66. The quantitative estimate of drug-likeness (QED) is 0.296. The van der Waals surface area contributed by atoms with E-state index in [9.17, 15) is 19.5 Å². The van der Waals surface area contributed by atoms with Crippen molar-refractivity contribution in [1.82, 2.24) is 14.9 Å². The lowest BCUT2D eigenvalue weighted by molar-refractivity contribution is -0.196. The van der Waals surface area contributed by atoms with Gasteiger partial charge in [0.1, 0.15) is 17.5 Å². The van der Waals surface area contributed by atoms with Gasteiger partial charge in [0, 0.05) is 12.7 Å². The molecule has 228 valence electrons. The summed E-state index contributed by atoms with van der Waals surface area (Å²) in [7, 11) is 0. The number of carbonyl (C=O) groups is 2. The number of ether oxygens (including phenoxy) is 3. The fourth-order valence-electron chi connectivity index (χ4n) is 4.36. The molecule has 1 aromatic rings. The van der Waals surface area contributed by atoms with Gasteiger partial charge in [-0.15, -0.1) is 0 Å². The smallest absolute Gasteiger partial charge is 0.408 e. The number of anilines is 1. The lowest BCUT2D eigenvalue weighted by atomic mass is 9.98. The minimum atomic E-state index is -4.00. The van der Waals surface area contributed by atoms with Crippen LogP contribution in [0, 0.1) is 11.8 Å². The standard InChI is InChI=1S/C27H44F2N4O7/c1-8-11-17(12-9-2)15-30-18-13-14-33(24(36)31-18)23-27(28,29)20(34)22(39-23)38-21(35)19(16(4)10-3)32-25(37)40-26(5,6)7/h13-14,16-17,19-20,22-23,34H,8-12,15H2,1-7H3,(H,32,37)(H,30,31,36)/t16?,19-,20-,22+,23-/m1/s1. The highest BCUT2D eigenvalue weighted by Crippen LogP contribution is 2.42. The van der Waals surface area contributed by atoms with Crippen molar-refractivity contribution in [2.45, 2.75) is 117 Å². The van der Waals surface area contributed by atoms with E-state index in [0.717, 1.165) is 31.9 Å². The number of halogens is 2. The fraction of sp³-hybridized carbons (Fsp3) is 0.778. The van der Waals surface area contributed by atoms with Crippen LogP contribution < -0.4 is 16.3 Å². The number of esters is 1. The highest BCUT2D eigenvalue weighted by atomic mass is 19.3. The van der Waals surface area contributed by atoms with Crippen molar-refractivity contribution in [2.75, 3.05) is 11.9 Å². The first-order valence-electron chi connectivity index (χ1n) is 13.9. The second kappa shape index (κ2) is 14.2. The summed E-state index contributed by atoms with van der Waals surface area (Å²) < 4.78 is 46.1. The number of amides is 1. The molecule has 0 saturated carbocycles. The molecule has 1 aromatic heterocycles. The topological polar surface area (TPSA) is 141 Å². The first kappa shape index (κ1) is 33.4. The van der Waals surface area contributed by atoms with Gasteiger partial charge in [-0.1, -0.05) is 47.0 Å². The third-order valence-corrected chi connectivity index (χ3v) is 6.66. The number of hydrogen-bond donors (Lipinski definition) is 3. The normalized spacial score (nSPS) is 22.0. The van der Waals surface area contributed by atoms with Crippen molar-refractivity contribution in [3.63, 3.8) is 0 Å². The van der Waals surface area contributed by atoms with E-state index >= 15 is 8.78 Å². The summed E-state index contributed by atoms with van der Waals surface area (Å²) in [5, 5.41) is 15.8. The molecule has 2 rings (SSSR count). The molecule has 1 fully saturated rings. The SMILES string of the molecule is CCCC(CCC)CNc1ccn([C@@H]2O[C@H](OC(=O)[C@H](NC(=O)OC(C)(C)C)C(C)CC)[C@@H](O)C2(F)F)c(=O)n1. The molecule has 2 heterocycles. The molecule has 3 N–H and O–H groups in total. The van der Waals surface area contributed by atoms with Crippen molar-refractivity contribution in [3.8, 4) is 0 Å². The van der Waals surface area contributed by atoms with Crippen molar-refractivity contribution in [3.05, 3.63) is 22.7 Å². The molecule has 1 saturated heterocycles. The Hall–Kier alpha value is -2.80. The number of aliphatic hydroxyl groups excluding tert-OH is 1. The molecule has 1 amide bonds. The highest BCUT2D eigenvalue weighted by Gasteiger charge is 2.61. The molecule has 1 aliphatic rings. The number of rotatable bonds is 13. The van der Waals surface area contributed by atoms with Crippen LogP contribution in [0.1, 0.15) is 86.8 Å². The number of carbonyl (C=O) groups excluding carboxylic acids is 2. The molecule has 0 spiro atoms. The Labute approximate surface area is 234 Å². The molecule has 1 aliphatic heterocycles. The van der Waals surface area contributed by atoms with Crippen LogP contribution in [0.25, 0.3) is 0 Å². The van der Waals surface area contributed by atoms with Gasteiger partial charge in [0.2, 0.25) is 12.5 Å². The monoisotopic (exact) mass is 574 g/mol. The Kier molecular flexibility index (Phi) is 11.9. The predicted octanol–water partition coefficient (Wildman–Crippen LogP) is 4.21. The zero-order chi connectivity index (χ0) is 30.3. The number of aromatic nitrogens is 2. The molecule has 11 nitrogen and oxygen atoms in total. The van der Waals surface area contributed by atoms with Crippen LogP contribution in [0.4, 0.5) is 19.4 Å². The second-order valence-corrected chi connectivity index (χ2v) is 11.2. The highest BCUT2D eigenvalue weighted by molar-refractivity contribution is 5.81. The lowest BCUT2D eigenvalue weighted by Crippen LogP contribution is -2.49. The van der Waals surface area contributed by atoms with E-state index in [0.29, 0.717) is 23.5 Å². The van der Waals surface area contributed by atoms with Crippen molar-refractivity contribution < 1.29 is 37.7 Å². The Bertz CT molecular complexity index is 1040. The van der Waals surface area contributed by atoms with E-state index in [1.165, 1.54) is 6.07 Å². The van der Waals surface area contributed by atoms with Crippen molar-refractivity contribution in [2.24, 2.45) is 11.8 Å². The Morgan fingerprint density at radius 1 is 1.23 bits per heavy atom. The van der Waals surface area contributed by atoms with Gasteiger partial charge in [0.25, 0.3) is 0 Å². The maximum atomic E-state index is 15.1. The zero-order valence-corrected chi connectivity index (χ0v) is 24.4. The van der Waals surface area contributed by atoms with Gasteiger partial charge < -0.3 is 30.0 Å². The number of alkyl carbamates (subject to hydrolysis) is 1. The van der Waals surface area contributed by atoms with Crippen LogP contribution in [0.2, 0.25) is 0 Å². The fourth-order valence-corrected chi connectivity index (χ4v) is 4.36. The van der Waals surface area contributed by atoms with Gasteiger partial charge >= 0.3 is 23.7 Å². The minimum absolute atomic E-state index is 0.230. The first-order valence-corrected chi connectivity index (χ1v) is 13.9. The Morgan fingerprint density at radius 2 is 1.85 bits per heavy atom. The van der Waals surface area contributed by atoms with Gasteiger partial charge in [-0.25, -0.2) is 14.4 Å². The number of nitrogens with one attached hydrogen (secondary N) is 2. The van der Waals surface area contributed by atoms with Gasteiger partial charge in [0.05, 0.1) is 0 Å². The van der Waals surface area contributed by atoms with E-state index in [4.69, 9.17) is 14.2 Å². The molecule has 13 heteroatoms. The predicted molar refractivity (Wildman–Crippen MR) is 144 cm³/mol. The second-order valence-electron chi connectivity index (χ2n) is 11.2. The summed E-state index contributed by atoms with van der Waals surface area (Å²) in [6.07, 6.45) is -2.29. The molecular weight excluding hydrogens is 530 g/mol. The van der Waals surface area contributed by atoms with E-state index in [1.807, 2.05) is 0 Å². The maximum Gasteiger partial charge on any atom is 0.408 e. The van der Waals surface area contributed by atoms with Crippen LogP contribution in [-0.2, 0) is 19.0 Å². The lowest BCUT2D eigenvalue weighted by Gasteiger charge is -2.27. The Morgan fingerprint density at radius 3 is 2.38 bits per heavy atom. The van der Waals surface area contributed by atoms with Gasteiger partial charge in [-0.05, 0) is 51.5 Å². The average Bonchev–Trinajstić information content (AvgIpc) is 3.08. The van der Waals surface area contributed by atoms with Crippen LogP contribution in [0.5, 0.6) is 0 Å². The molecule has 0 aliphatic carbocycles. The molecule has 0 aromatic carbocycles. The van der Waals surface area contributed by atoms with Gasteiger partial charge in [0.15, 0.2) is 6.10 Å². The van der Waals surface area contributed by atoms with E-state index in [1.54, 1.807) is 34.6 Å². The number of aliphatic hydroxyl groups is 1. The van der Waals surface area contributed by atoms with E-state index < -0.39 is 59.9 Å². The molecule has 5 atom stereocenters. The minimum Gasteiger partial charge on any atom is -0.444 e. The molecular formula is C27H44F2N4O7. The van der Waals surface area contributed by atoms with Gasteiger partial charge in [-0.2, -0.15) is 13.8 Å². The summed E-state index contributed by atoms with van der Waals surface area (Å²) in [5.41, 5.74) is -1.87. The molecule has 1 unspecified atom stereocenters. The van der Waals surface area contributed by atoms with Crippen molar-refractivity contribution >= 4 is 17.9 Å².